The van der Waals surface area contributed by atoms with Gasteiger partial charge >= 0.3 is 0 Å². The number of rotatable bonds is 9. The van der Waals surface area contributed by atoms with Gasteiger partial charge in [-0.05, 0) is 54.8 Å². The first-order chi connectivity index (χ1) is 15.6. The van der Waals surface area contributed by atoms with Gasteiger partial charge in [0.25, 0.3) is 5.91 Å². The monoisotopic (exact) mass is 434 g/mol. The van der Waals surface area contributed by atoms with Gasteiger partial charge in [-0.2, -0.15) is 0 Å². The van der Waals surface area contributed by atoms with Gasteiger partial charge in [-0.3, -0.25) is 4.79 Å². The van der Waals surface area contributed by atoms with Crippen LogP contribution in [-0.2, 0) is 17.9 Å². The van der Waals surface area contributed by atoms with Crippen LogP contribution >= 0.6 is 0 Å². The van der Waals surface area contributed by atoms with Crippen LogP contribution in [-0.4, -0.2) is 44.2 Å². The van der Waals surface area contributed by atoms with E-state index < -0.39 is 0 Å². The van der Waals surface area contributed by atoms with Crippen molar-refractivity contribution in [3.63, 3.8) is 0 Å². The van der Waals surface area contributed by atoms with Crippen molar-refractivity contribution in [3.8, 4) is 5.75 Å². The van der Waals surface area contributed by atoms with E-state index in [0.717, 1.165) is 36.4 Å². The molecule has 1 atom stereocenters. The van der Waals surface area contributed by atoms with Crippen LogP contribution in [0.25, 0.3) is 0 Å². The molecule has 0 saturated carbocycles. The van der Waals surface area contributed by atoms with E-state index in [1.807, 2.05) is 49.3 Å². The van der Waals surface area contributed by atoms with Crippen molar-refractivity contribution in [1.29, 1.82) is 0 Å². The molecule has 1 aromatic heterocycles. The van der Waals surface area contributed by atoms with Crippen molar-refractivity contribution in [1.82, 2.24) is 4.90 Å². The maximum absolute atomic E-state index is 13.3. The van der Waals surface area contributed by atoms with E-state index in [9.17, 15) is 4.79 Å². The van der Waals surface area contributed by atoms with E-state index in [1.54, 1.807) is 12.1 Å². The van der Waals surface area contributed by atoms with Crippen LogP contribution < -0.4 is 9.64 Å². The Morgan fingerprint density at radius 1 is 1.03 bits per heavy atom. The Bertz CT molecular complexity index is 992. The molecule has 0 aliphatic carbocycles. The molecule has 0 N–H and O–H groups in total. The highest BCUT2D eigenvalue weighted by Crippen LogP contribution is 2.21. The van der Waals surface area contributed by atoms with Crippen molar-refractivity contribution in [2.24, 2.45) is 0 Å². The summed E-state index contributed by atoms with van der Waals surface area (Å²) in [4.78, 5) is 17.2. The molecule has 168 valence electrons. The van der Waals surface area contributed by atoms with E-state index >= 15 is 0 Å². The van der Waals surface area contributed by atoms with E-state index in [2.05, 4.69) is 29.2 Å². The van der Waals surface area contributed by atoms with Crippen LogP contribution in [0.15, 0.2) is 71.1 Å². The lowest BCUT2D eigenvalue weighted by Crippen LogP contribution is -2.36. The van der Waals surface area contributed by atoms with Crippen LogP contribution in [0.2, 0.25) is 0 Å². The van der Waals surface area contributed by atoms with Crippen molar-refractivity contribution < 1.29 is 18.7 Å². The quantitative estimate of drug-likeness (QED) is 0.487. The molecule has 1 aliphatic rings. The maximum atomic E-state index is 13.3. The molecule has 1 aliphatic heterocycles. The summed E-state index contributed by atoms with van der Waals surface area (Å²) in [5, 5.41) is 0. The van der Waals surface area contributed by atoms with Gasteiger partial charge in [0.2, 0.25) is 0 Å². The molecule has 0 radical (unpaired) electrons. The van der Waals surface area contributed by atoms with Crippen molar-refractivity contribution >= 4 is 11.6 Å². The highest BCUT2D eigenvalue weighted by molar-refractivity contribution is 5.91. The first-order valence-electron chi connectivity index (χ1n) is 11.0. The molecular weight excluding hydrogens is 404 g/mol. The first-order valence-corrected chi connectivity index (χ1v) is 11.0. The number of ether oxygens (including phenoxy) is 2. The molecule has 3 aromatic rings. The van der Waals surface area contributed by atoms with Crippen LogP contribution in [0, 0.1) is 0 Å². The molecule has 0 unspecified atom stereocenters. The third-order valence-electron chi connectivity index (χ3n) is 5.56. The summed E-state index contributed by atoms with van der Waals surface area (Å²) in [6.45, 7) is 2.08. The zero-order valence-corrected chi connectivity index (χ0v) is 18.7. The van der Waals surface area contributed by atoms with Crippen LogP contribution in [0.3, 0.4) is 0 Å². The smallest absolute Gasteiger partial charge is 0.289 e. The second kappa shape index (κ2) is 10.4. The largest absolute Gasteiger partial charge is 0.486 e. The van der Waals surface area contributed by atoms with E-state index in [-0.39, 0.29) is 18.6 Å². The molecule has 1 fully saturated rings. The second-order valence-electron chi connectivity index (χ2n) is 8.25. The topological polar surface area (TPSA) is 55.2 Å². The zero-order chi connectivity index (χ0) is 22.3. The molecule has 6 heteroatoms. The van der Waals surface area contributed by atoms with Gasteiger partial charge in [0.05, 0.1) is 6.10 Å². The van der Waals surface area contributed by atoms with Crippen molar-refractivity contribution in [2.45, 2.75) is 32.1 Å². The van der Waals surface area contributed by atoms with Crippen molar-refractivity contribution in [3.05, 3.63) is 83.8 Å². The predicted molar refractivity (Wildman–Crippen MR) is 124 cm³/mol. The number of carbonyl (C=O) groups excluding carboxylic acids is 1. The summed E-state index contributed by atoms with van der Waals surface area (Å²) < 4.78 is 17.4. The summed E-state index contributed by atoms with van der Waals surface area (Å²) in [5.41, 5.74) is 2.20. The molecule has 1 amide bonds. The lowest BCUT2D eigenvalue weighted by molar-refractivity contribution is 0.0481. The number of benzene rings is 2. The lowest BCUT2D eigenvalue weighted by atomic mass is 10.1. The Balaban J connectivity index is 1.45. The third kappa shape index (κ3) is 5.71. The molecular formula is C26H30N2O4. The standard InChI is InChI=1S/C26H30N2O4/c1-27(2)21-12-10-20(11-13-21)17-28(18-23-9-6-16-30-23)26(29)25-15-14-24(32-25)19-31-22-7-4-3-5-8-22/h3-5,7-8,10-15,23H,6,9,16-19H2,1-2H3/t23-/m1/s1. The molecule has 2 aromatic carbocycles. The van der Waals surface area contributed by atoms with E-state index in [4.69, 9.17) is 13.9 Å². The summed E-state index contributed by atoms with van der Waals surface area (Å²) in [7, 11) is 4.02. The predicted octanol–water partition coefficient (Wildman–Crippen LogP) is 4.75. The van der Waals surface area contributed by atoms with Gasteiger partial charge in [0, 0.05) is 39.5 Å². The van der Waals surface area contributed by atoms with Gasteiger partial charge in [0.15, 0.2) is 5.76 Å². The third-order valence-corrected chi connectivity index (χ3v) is 5.56. The first kappa shape index (κ1) is 22.0. The molecule has 0 bridgehead atoms. The Morgan fingerprint density at radius 3 is 2.50 bits per heavy atom. The average molecular weight is 435 g/mol. The van der Waals surface area contributed by atoms with Gasteiger partial charge < -0.3 is 23.7 Å². The SMILES string of the molecule is CN(C)c1ccc(CN(C[C@H]2CCCO2)C(=O)c2ccc(COc3ccccc3)o2)cc1. The molecule has 2 heterocycles. The average Bonchev–Trinajstić information content (AvgIpc) is 3.50. The Hall–Kier alpha value is -3.25. The minimum Gasteiger partial charge on any atom is -0.486 e. The Labute approximate surface area is 189 Å². The lowest BCUT2D eigenvalue weighted by Gasteiger charge is -2.25. The fourth-order valence-corrected chi connectivity index (χ4v) is 3.77. The minimum absolute atomic E-state index is 0.0656. The molecule has 4 rings (SSSR count). The van der Waals surface area contributed by atoms with Crippen LogP contribution in [0.1, 0.15) is 34.7 Å². The minimum atomic E-state index is -0.136. The normalized spacial score (nSPS) is 15.5. The summed E-state index contributed by atoms with van der Waals surface area (Å²) in [5.74, 6) is 1.56. The molecule has 6 nitrogen and oxygen atoms in total. The number of furan rings is 1. The number of hydrogen-bond acceptors (Lipinski definition) is 5. The number of amides is 1. The van der Waals surface area contributed by atoms with Crippen molar-refractivity contribution in [2.75, 3.05) is 32.1 Å². The van der Waals surface area contributed by atoms with Gasteiger partial charge in [-0.1, -0.05) is 30.3 Å². The number of para-hydroxylation sites is 1. The molecule has 1 saturated heterocycles. The van der Waals surface area contributed by atoms with Crippen LogP contribution in [0.4, 0.5) is 5.69 Å². The number of carbonyl (C=O) groups is 1. The number of anilines is 1. The van der Waals surface area contributed by atoms with Gasteiger partial charge in [-0.15, -0.1) is 0 Å². The number of nitrogens with zero attached hydrogens (tertiary/aromatic N) is 2. The second-order valence-corrected chi connectivity index (χ2v) is 8.25. The zero-order valence-electron chi connectivity index (χ0n) is 18.7. The Morgan fingerprint density at radius 2 is 1.81 bits per heavy atom. The van der Waals surface area contributed by atoms with E-state index in [1.165, 1.54) is 0 Å². The fourth-order valence-electron chi connectivity index (χ4n) is 3.77. The Kier molecular flexibility index (Phi) is 7.12. The summed E-state index contributed by atoms with van der Waals surface area (Å²) >= 11 is 0. The highest BCUT2D eigenvalue weighted by Gasteiger charge is 2.25. The maximum Gasteiger partial charge on any atom is 0.289 e. The number of hydrogen-bond donors (Lipinski definition) is 0. The van der Waals surface area contributed by atoms with Gasteiger partial charge in [0.1, 0.15) is 18.1 Å². The summed E-state index contributed by atoms with van der Waals surface area (Å²) in [6.07, 6.45) is 2.07. The fraction of sp³-hybridized carbons (Fsp3) is 0.346. The van der Waals surface area contributed by atoms with Crippen LogP contribution in [0.5, 0.6) is 5.75 Å². The summed E-state index contributed by atoms with van der Waals surface area (Å²) in [6, 6.07) is 21.3. The molecule has 32 heavy (non-hydrogen) atoms. The molecule has 0 spiro atoms. The van der Waals surface area contributed by atoms with E-state index in [0.29, 0.717) is 24.6 Å². The highest BCUT2D eigenvalue weighted by atomic mass is 16.5. The van der Waals surface area contributed by atoms with Gasteiger partial charge in [-0.25, -0.2) is 0 Å².